The van der Waals surface area contributed by atoms with Gasteiger partial charge >= 0.3 is 0 Å². The minimum absolute atomic E-state index is 0.00976. The molecule has 1 fully saturated rings. The highest BCUT2D eigenvalue weighted by molar-refractivity contribution is 5.92. The van der Waals surface area contributed by atoms with Crippen LogP contribution in [0.4, 0.5) is 0 Å². The van der Waals surface area contributed by atoms with Gasteiger partial charge in [-0.05, 0) is 36.1 Å². The number of amides is 2. The van der Waals surface area contributed by atoms with Crippen LogP contribution >= 0.6 is 0 Å². The first-order chi connectivity index (χ1) is 15.4. The van der Waals surface area contributed by atoms with Gasteiger partial charge in [0.15, 0.2) is 11.5 Å². The maximum atomic E-state index is 12.6. The Balaban J connectivity index is 1.79. The molecule has 1 saturated heterocycles. The summed E-state index contributed by atoms with van der Waals surface area (Å²) in [5.41, 5.74) is 0.871. The van der Waals surface area contributed by atoms with Crippen molar-refractivity contribution >= 4 is 17.9 Å². The Morgan fingerprint density at radius 2 is 1.88 bits per heavy atom. The topological polar surface area (TPSA) is 80.3 Å². The van der Waals surface area contributed by atoms with Gasteiger partial charge in [0.25, 0.3) is 0 Å². The zero-order valence-corrected chi connectivity index (χ0v) is 19.8. The Morgan fingerprint density at radius 1 is 1.12 bits per heavy atom. The Hall–Kier alpha value is -2.58. The number of carbonyl (C=O) groups is 2. The Labute approximate surface area is 191 Å². The molecule has 1 heterocycles. The van der Waals surface area contributed by atoms with Crippen LogP contribution in [0.3, 0.4) is 0 Å². The van der Waals surface area contributed by atoms with E-state index in [1.807, 2.05) is 18.2 Å². The van der Waals surface area contributed by atoms with Crippen molar-refractivity contribution in [3.8, 4) is 11.5 Å². The number of benzene rings is 1. The Kier molecular flexibility index (Phi) is 11.0. The second-order valence-corrected chi connectivity index (χ2v) is 8.25. The first-order valence-electron chi connectivity index (χ1n) is 11.2. The summed E-state index contributed by atoms with van der Waals surface area (Å²) in [6.45, 7) is 8.98. The lowest BCUT2D eigenvalue weighted by atomic mass is 10.1. The molecule has 0 aliphatic carbocycles. The van der Waals surface area contributed by atoms with Crippen LogP contribution in [0.5, 0.6) is 11.5 Å². The van der Waals surface area contributed by atoms with Gasteiger partial charge in [0.2, 0.25) is 11.8 Å². The maximum Gasteiger partial charge on any atom is 0.246 e. The SMILES string of the molecule is COCCCNC(=O)CN1CCN(C(=O)/C=C/c2ccc(OCC(C)C)c(OC)c2)CC1. The van der Waals surface area contributed by atoms with E-state index in [9.17, 15) is 9.59 Å². The van der Waals surface area contributed by atoms with E-state index in [1.165, 1.54) is 0 Å². The number of nitrogens with zero attached hydrogens (tertiary/aromatic N) is 2. The summed E-state index contributed by atoms with van der Waals surface area (Å²) in [7, 11) is 3.25. The van der Waals surface area contributed by atoms with Gasteiger partial charge in [0.1, 0.15) is 0 Å². The van der Waals surface area contributed by atoms with Gasteiger partial charge in [-0.3, -0.25) is 14.5 Å². The van der Waals surface area contributed by atoms with E-state index in [4.69, 9.17) is 14.2 Å². The molecule has 178 valence electrons. The summed E-state index contributed by atoms with van der Waals surface area (Å²) < 4.78 is 16.2. The number of hydrogen-bond donors (Lipinski definition) is 1. The summed E-state index contributed by atoms with van der Waals surface area (Å²) in [5, 5.41) is 2.89. The minimum atomic E-state index is -0.0345. The van der Waals surface area contributed by atoms with Gasteiger partial charge in [-0.1, -0.05) is 19.9 Å². The molecule has 0 radical (unpaired) electrons. The summed E-state index contributed by atoms with van der Waals surface area (Å²) in [4.78, 5) is 28.4. The molecule has 2 amide bonds. The van der Waals surface area contributed by atoms with Crippen LogP contribution in [-0.2, 0) is 14.3 Å². The number of piperazine rings is 1. The summed E-state index contributed by atoms with van der Waals surface area (Å²) >= 11 is 0. The number of methoxy groups -OCH3 is 2. The number of hydrogen-bond acceptors (Lipinski definition) is 6. The van der Waals surface area contributed by atoms with E-state index in [-0.39, 0.29) is 11.8 Å². The molecule has 1 N–H and O–H groups in total. The first kappa shape index (κ1) is 25.7. The second-order valence-electron chi connectivity index (χ2n) is 8.25. The smallest absolute Gasteiger partial charge is 0.246 e. The van der Waals surface area contributed by atoms with Crippen LogP contribution < -0.4 is 14.8 Å². The van der Waals surface area contributed by atoms with E-state index in [0.29, 0.717) is 69.9 Å². The fourth-order valence-corrected chi connectivity index (χ4v) is 3.27. The van der Waals surface area contributed by atoms with Crippen molar-refractivity contribution in [1.82, 2.24) is 15.1 Å². The molecule has 1 aromatic carbocycles. The minimum Gasteiger partial charge on any atom is -0.493 e. The molecule has 0 atom stereocenters. The summed E-state index contributed by atoms with van der Waals surface area (Å²) in [5.74, 6) is 1.74. The van der Waals surface area contributed by atoms with Crippen LogP contribution in [0.15, 0.2) is 24.3 Å². The number of carbonyl (C=O) groups excluding carboxylic acids is 2. The molecule has 1 aliphatic heterocycles. The molecule has 32 heavy (non-hydrogen) atoms. The molecule has 8 nitrogen and oxygen atoms in total. The van der Waals surface area contributed by atoms with Crippen molar-refractivity contribution in [3.63, 3.8) is 0 Å². The summed E-state index contributed by atoms with van der Waals surface area (Å²) in [6.07, 6.45) is 4.18. The molecule has 1 aromatic rings. The molecular formula is C24H37N3O5. The molecule has 0 spiro atoms. The van der Waals surface area contributed by atoms with Crippen molar-refractivity contribution in [3.05, 3.63) is 29.8 Å². The zero-order chi connectivity index (χ0) is 23.3. The van der Waals surface area contributed by atoms with Gasteiger partial charge in [-0.15, -0.1) is 0 Å². The standard InChI is InChI=1S/C24H37N3O5/c1-19(2)18-32-21-8-6-20(16-22(21)31-4)7-9-24(29)27-13-11-26(12-14-27)17-23(28)25-10-5-15-30-3/h6-9,16,19H,5,10-15,17-18H2,1-4H3,(H,25,28)/b9-7+. The number of ether oxygens (including phenoxy) is 3. The Morgan fingerprint density at radius 3 is 2.53 bits per heavy atom. The van der Waals surface area contributed by atoms with E-state index in [0.717, 1.165) is 12.0 Å². The molecule has 0 saturated carbocycles. The molecule has 0 aromatic heterocycles. The molecule has 8 heteroatoms. The first-order valence-corrected chi connectivity index (χ1v) is 11.2. The molecule has 0 bridgehead atoms. The van der Waals surface area contributed by atoms with Crippen LogP contribution in [0.25, 0.3) is 6.08 Å². The average Bonchev–Trinajstić information content (AvgIpc) is 2.79. The fraction of sp³-hybridized carbons (Fsp3) is 0.583. The van der Waals surface area contributed by atoms with Crippen LogP contribution in [-0.4, -0.2) is 88.3 Å². The van der Waals surface area contributed by atoms with Crippen molar-refractivity contribution in [1.29, 1.82) is 0 Å². The largest absolute Gasteiger partial charge is 0.493 e. The van der Waals surface area contributed by atoms with E-state index < -0.39 is 0 Å². The van der Waals surface area contributed by atoms with Crippen molar-refractivity contribution in [2.24, 2.45) is 5.92 Å². The lowest BCUT2D eigenvalue weighted by Gasteiger charge is -2.33. The van der Waals surface area contributed by atoms with E-state index in [1.54, 1.807) is 31.3 Å². The van der Waals surface area contributed by atoms with Crippen molar-refractivity contribution in [2.45, 2.75) is 20.3 Å². The highest BCUT2D eigenvalue weighted by Gasteiger charge is 2.21. The molecule has 2 rings (SSSR count). The summed E-state index contributed by atoms with van der Waals surface area (Å²) in [6, 6.07) is 5.64. The quantitative estimate of drug-likeness (QED) is 0.390. The average molecular weight is 448 g/mol. The molecule has 1 aliphatic rings. The monoisotopic (exact) mass is 447 g/mol. The molecule has 0 unspecified atom stereocenters. The third-order valence-corrected chi connectivity index (χ3v) is 5.08. The molecular weight excluding hydrogens is 410 g/mol. The highest BCUT2D eigenvalue weighted by Crippen LogP contribution is 2.29. The van der Waals surface area contributed by atoms with Crippen molar-refractivity contribution < 1.29 is 23.8 Å². The van der Waals surface area contributed by atoms with E-state index in [2.05, 4.69) is 24.1 Å². The lowest BCUT2D eigenvalue weighted by molar-refractivity contribution is -0.128. The second kappa shape index (κ2) is 13.8. The van der Waals surface area contributed by atoms with Gasteiger partial charge in [-0.2, -0.15) is 0 Å². The van der Waals surface area contributed by atoms with E-state index >= 15 is 0 Å². The lowest BCUT2D eigenvalue weighted by Crippen LogP contribution is -2.50. The predicted octanol–water partition coefficient (Wildman–Crippen LogP) is 2.04. The van der Waals surface area contributed by atoms with Gasteiger partial charge in [0, 0.05) is 52.5 Å². The normalized spacial score (nSPS) is 14.7. The predicted molar refractivity (Wildman–Crippen MR) is 125 cm³/mol. The maximum absolute atomic E-state index is 12.6. The van der Waals surface area contributed by atoms with Gasteiger partial charge in [-0.25, -0.2) is 0 Å². The zero-order valence-electron chi connectivity index (χ0n) is 19.8. The van der Waals surface area contributed by atoms with Crippen LogP contribution in [0, 0.1) is 5.92 Å². The highest BCUT2D eigenvalue weighted by atomic mass is 16.5. The fourth-order valence-electron chi connectivity index (χ4n) is 3.27. The van der Waals surface area contributed by atoms with Gasteiger partial charge in [0.05, 0.1) is 20.3 Å². The van der Waals surface area contributed by atoms with Gasteiger partial charge < -0.3 is 24.4 Å². The number of rotatable bonds is 12. The van der Waals surface area contributed by atoms with Crippen molar-refractivity contribution in [2.75, 3.05) is 66.7 Å². The number of nitrogens with one attached hydrogen (secondary N) is 1. The third kappa shape index (κ3) is 8.88. The van der Waals surface area contributed by atoms with Crippen LogP contribution in [0.1, 0.15) is 25.8 Å². The Bertz CT molecular complexity index is 758. The third-order valence-electron chi connectivity index (χ3n) is 5.08. The van der Waals surface area contributed by atoms with Crippen LogP contribution in [0.2, 0.25) is 0 Å².